The number of amidine groups is 1. The zero-order valence-corrected chi connectivity index (χ0v) is 11.0. The number of nitrogens with zero attached hydrogens (tertiary/aromatic N) is 2. The minimum atomic E-state index is -0.161. The number of amides is 1. The molecule has 3 N–H and O–H groups in total. The van der Waals surface area contributed by atoms with E-state index in [1.54, 1.807) is 18.2 Å². The summed E-state index contributed by atoms with van der Waals surface area (Å²) < 4.78 is 0.725. The monoisotopic (exact) mass is 299 g/mol. The van der Waals surface area contributed by atoms with Crippen molar-refractivity contribution in [2.75, 3.05) is 13.1 Å². The first kappa shape index (κ1) is 13.5. The van der Waals surface area contributed by atoms with Crippen LogP contribution in [0, 0.1) is 0 Å². The zero-order valence-electron chi connectivity index (χ0n) is 9.43. The minimum absolute atomic E-state index is 0.00672. The highest BCUT2D eigenvalue weighted by Crippen LogP contribution is 2.17. The Labute approximate surface area is 108 Å². The standard InChI is InChI=1S/C11H14BrN3O2/c1-2-15(7-10(13)14-17)11(16)8-5-3-4-6-9(8)12/h3-6,17H,2,7H2,1H3,(H2,13,14). The number of carbonyl (C=O) groups is 1. The Morgan fingerprint density at radius 3 is 2.71 bits per heavy atom. The van der Waals surface area contributed by atoms with Gasteiger partial charge in [0.2, 0.25) is 0 Å². The van der Waals surface area contributed by atoms with Crippen LogP contribution in [0.2, 0.25) is 0 Å². The summed E-state index contributed by atoms with van der Waals surface area (Å²) in [6.45, 7) is 2.42. The maximum absolute atomic E-state index is 12.2. The van der Waals surface area contributed by atoms with Gasteiger partial charge < -0.3 is 15.8 Å². The molecule has 0 radical (unpaired) electrons. The van der Waals surface area contributed by atoms with Crippen molar-refractivity contribution in [3.05, 3.63) is 34.3 Å². The van der Waals surface area contributed by atoms with E-state index >= 15 is 0 Å². The summed E-state index contributed by atoms with van der Waals surface area (Å²) >= 11 is 3.32. The highest BCUT2D eigenvalue weighted by Gasteiger charge is 2.17. The Hall–Kier alpha value is -1.56. The van der Waals surface area contributed by atoms with Crippen LogP contribution in [0.4, 0.5) is 0 Å². The molecule has 0 aliphatic carbocycles. The van der Waals surface area contributed by atoms with Gasteiger partial charge in [0.05, 0.1) is 12.1 Å². The van der Waals surface area contributed by atoms with E-state index in [9.17, 15) is 4.79 Å². The number of hydrogen-bond acceptors (Lipinski definition) is 3. The Balaban J connectivity index is 2.91. The van der Waals surface area contributed by atoms with Gasteiger partial charge in [-0.1, -0.05) is 17.3 Å². The van der Waals surface area contributed by atoms with Crippen LogP contribution in [-0.4, -0.2) is 34.9 Å². The van der Waals surface area contributed by atoms with Crippen LogP contribution < -0.4 is 5.73 Å². The first-order valence-corrected chi connectivity index (χ1v) is 5.89. The highest BCUT2D eigenvalue weighted by atomic mass is 79.9. The van der Waals surface area contributed by atoms with Crippen LogP contribution in [0.3, 0.4) is 0 Å². The van der Waals surface area contributed by atoms with E-state index in [-0.39, 0.29) is 18.3 Å². The van der Waals surface area contributed by atoms with Gasteiger partial charge in [-0.3, -0.25) is 4.79 Å². The normalized spacial score (nSPS) is 11.3. The van der Waals surface area contributed by atoms with Gasteiger partial charge in [-0.05, 0) is 35.0 Å². The molecule has 6 heteroatoms. The molecule has 0 spiro atoms. The van der Waals surface area contributed by atoms with Crippen molar-refractivity contribution in [3.8, 4) is 0 Å². The lowest BCUT2D eigenvalue weighted by atomic mass is 10.2. The first-order chi connectivity index (χ1) is 8.10. The average Bonchev–Trinajstić information content (AvgIpc) is 2.35. The fourth-order valence-corrected chi connectivity index (χ4v) is 1.81. The Morgan fingerprint density at radius 2 is 2.18 bits per heavy atom. The van der Waals surface area contributed by atoms with Gasteiger partial charge in [0.15, 0.2) is 5.84 Å². The molecule has 0 saturated heterocycles. The summed E-state index contributed by atoms with van der Waals surface area (Å²) in [5, 5.41) is 11.4. The molecule has 0 heterocycles. The van der Waals surface area contributed by atoms with E-state index in [0.29, 0.717) is 12.1 Å². The van der Waals surface area contributed by atoms with Gasteiger partial charge in [0.1, 0.15) is 0 Å². The molecule has 1 amide bonds. The number of hydrogen-bond donors (Lipinski definition) is 2. The van der Waals surface area contributed by atoms with Gasteiger partial charge in [-0.25, -0.2) is 0 Å². The molecule has 0 saturated carbocycles. The fraction of sp³-hybridized carbons (Fsp3) is 0.273. The van der Waals surface area contributed by atoms with Crippen LogP contribution in [-0.2, 0) is 0 Å². The van der Waals surface area contributed by atoms with E-state index in [2.05, 4.69) is 21.1 Å². The van der Waals surface area contributed by atoms with Crippen molar-refractivity contribution in [3.63, 3.8) is 0 Å². The van der Waals surface area contributed by atoms with E-state index in [0.717, 1.165) is 4.47 Å². The Morgan fingerprint density at radius 1 is 1.53 bits per heavy atom. The molecule has 0 aliphatic rings. The number of benzene rings is 1. The lowest BCUT2D eigenvalue weighted by molar-refractivity contribution is 0.0785. The van der Waals surface area contributed by atoms with Crippen molar-refractivity contribution >= 4 is 27.7 Å². The largest absolute Gasteiger partial charge is 0.409 e. The van der Waals surface area contributed by atoms with Crippen molar-refractivity contribution in [2.24, 2.45) is 10.9 Å². The average molecular weight is 300 g/mol. The molecule has 92 valence electrons. The Bertz CT molecular complexity index is 434. The third-order valence-corrected chi connectivity index (χ3v) is 2.95. The topological polar surface area (TPSA) is 78.9 Å². The summed E-state index contributed by atoms with van der Waals surface area (Å²) in [5.41, 5.74) is 5.95. The maximum Gasteiger partial charge on any atom is 0.255 e. The number of halogens is 1. The second kappa shape index (κ2) is 6.24. The molecule has 0 aromatic heterocycles. The van der Waals surface area contributed by atoms with E-state index in [1.165, 1.54) is 4.90 Å². The van der Waals surface area contributed by atoms with E-state index in [1.807, 2.05) is 13.0 Å². The van der Waals surface area contributed by atoms with Gasteiger partial charge in [0.25, 0.3) is 5.91 Å². The van der Waals surface area contributed by atoms with Gasteiger partial charge in [-0.2, -0.15) is 0 Å². The Kier molecular flexibility index (Phi) is 4.96. The summed E-state index contributed by atoms with van der Waals surface area (Å²) in [7, 11) is 0. The predicted molar refractivity (Wildman–Crippen MR) is 69.1 cm³/mol. The summed E-state index contributed by atoms with van der Waals surface area (Å²) in [6.07, 6.45) is 0. The fourth-order valence-electron chi connectivity index (χ4n) is 1.36. The third-order valence-electron chi connectivity index (χ3n) is 2.25. The molecule has 0 bridgehead atoms. The van der Waals surface area contributed by atoms with Crippen molar-refractivity contribution in [1.29, 1.82) is 0 Å². The van der Waals surface area contributed by atoms with Crippen molar-refractivity contribution < 1.29 is 10.0 Å². The predicted octanol–water partition coefficient (Wildman–Crippen LogP) is 1.66. The second-order valence-corrected chi connectivity index (χ2v) is 4.24. The number of oxime groups is 1. The molecule has 5 nitrogen and oxygen atoms in total. The molecule has 0 fully saturated rings. The SMILES string of the molecule is CCN(CC(N)=NO)C(=O)c1ccccc1Br. The highest BCUT2D eigenvalue weighted by molar-refractivity contribution is 9.10. The summed E-state index contributed by atoms with van der Waals surface area (Å²) in [4.78, 5) is 13.6. The number of carbonyl (C=O) groups excluding carboxylic acids is 1. The third kappa shape index (κ3) is 3.45. The first-order valence-electron chi connectivity index (χ1n) is 5.10. The van der Waals surface area contributed by atoms with E-state index in [4.69, 9.17) is 10.9 Å². The van der Waals surface area contributed by atoms with Gasteiger partial charge >= 0.3 is 0 Å². The number of likely N-dealkylation sites (N-methyl/N-ethyl adjacent to an activating group) is 1. The molecule has 1 aromatic rings. The molecule has 0 aliphatic heterocycles. The van der Waals surface area contributed by atoms with Crippen LogP contribution in [0.15, 0.2) is 33.9 Å². The van der Waals surface area contributed by atoms with Crippen LogP contribution >= 0.6 is 15.9 Å². The van der Waals surface area contributed by atoms with Gasteiger partial charge in [0, 0.05) is 11.0 Å². The molecule has 1 aromatic carbocycles. The lowest BCUT2D eigenvalue weighted by Crippen LogP contribution is -2.38. The van der Waals surface area contributed by atoms with Gasteiger partial charge in [-0.15, -0.1) is 0 Å². The molecular weight excluding hydrogens is 286 g/mol. The number of rotatable bonds is 4. The van der Waals surface area contributed by atoms with Crippen LogP contribution in [0.5, 0.6) is 0 Å². The van der Waals surface area contributed by atoms with Crippen molar-refractivity contribution in [2.45, 2.75) is 6.92 Å². The zero-order chi connectivity index (χ0) is 12.8. The molecular formula is C11H14BrN3O2. The summed E-state index contributed by atoms with van der Waals surface area (Å²) in [6, 6.07) is 7.14. The van der Waals surface area contributed by atoms with Crippen molar-refractivity contribution in [1.82, 2.24) is 4.90 Å². The quantitative estimate of drug-likeness (QED) is 0.384. The molecule has 0 atom stereocenters. The molecule has 1 rings (SSSR count). The van der Waals surface area contributed by atoms with Crippen LogP contribution in [0.25, 0.3) is 0 Å². The van der Waals surface area contributed by atoms with E-state index < -0.39 is 0 Å². The summed E-state index contributed by atoms with van der Waals surface area (Å²) in [5.74, 6) is -0.154. The smallest absolute Gasteiger partial charge is 0.255 e. The number of nitrogens with two attached hydrogens (primary N) is 1. The van der Waals surface area contributed by atoms with Crippen LogP contribution in [0.1, 0.15) is 17.3 Å². The molecule has 17 heavy (non-hydrogen) atoms. The maximum atomic E-state index is 12.2. The second-order valence-electron chi connectivity index (χ2n) is 3.39. The molecule has 0 unspecified atom stereocenters. The lowest BCUT2D eigenvalue weighted by Gasteiger charge is -2.20. The minimum Gasteiger partial charge on any atom is -0.409 e.